The summed E-state index contributed by atoms with van der Waals surface area (Å²) in [5, 5.41) is 2.36. The number of hydrogen-bond donors (Lipinski definition) is 1. The Hall–Kier alpha value is -3.67. The summed E-state index contributed by atoms with van der Waals surface area (Å²) in [7, 11) is 3.47. The number of rotatable bonds is 4. The van der Waals surface area contributed by atoms with Crippen LogP contribution >= 0.6 is 0 Å². The van der Waals surface area contributed by atoms with Gasteiger partial charge in [-0.15, -0.1) is 0 Å². The van der Waals surface area contributed by atoms with Gasteiger partial charge in [-0.05, 0) is 60.4 Å². The Bertz CT molecular complexity index is 1530. The van der Waals surface area contributed by atoms with Crippen molar-refractivity contribution in [2.45, 2.75) is 56.6 Å². The molecule has 196 valence electrons. The molecule has 3 aromatic carbocycles. The van der Waals surface area contributed by atoms with E-state index in [4.69, 9.17) is 14.2 Å². The lowest BCUT2D eigenvalue weighted by Gasteiger charge is -2.58. The van der Waals surface area contributed by atoms with E-state index in [2.05, 4.69) is 23.2 Å². The molecule has 4 aromatic rings. The Morgan fingerprint density at radius 3 is 2.66 bits per heavy atom. The van der Waals surface area contributed by atoms with Crippen LogP contribution in [0.25, 0.3) is 21.8 Å². The summed E-state index contributed by atoms with van der Waals surface area (Å²) < 4.78 is 17.6. The molecule has 2 bridgehead atoms. The maximum Gasteiger partial charge on any atom is 0.410 e. The van der Waals surface area contributed by atoms with Crippen molar-refractivity contribution >= 4 is 27.9 Å². The van der Waals surface area contributed by atoms with Gasteiger partial charge in [-0.1, -0.05) is 55.3 Å². The highest BCUT2D eigenvalue weighted by atomic mass is 16.6. The number of para-hydroxylation sites is 1. The molecular weight excluding hydrogens is 476 g/mol. The van der Waals surface area contributed by atoms with E-state index in [1.807, 2.05) is 41.3 Å². The number of H-pyrrole nitrogens is 1. The van der Waals surface area contributed by atoms with Crippen LogP contribution in [0.3, 0.4) is 0 Å². The van der Waals surface area contributed by atoms with E-state index in [1.165, 1.54) is 29.4 Å². The molecule has 0 radical (unpaired) electrons. The molecule has 2 fully saturated rings. The zero-order chi connectivity index (χ0) is 25.9. The number of piperidine rings is 1. The van der Waals surface area contributed by atoms with Crippen molar-refractivity contribution in [2.75, 3.05) is 20.8 Å². The molecule has 1 amide bonds. The quantitative estimate of drug-likeness (QED) is 0.331. The minimum absolute atomic E-state index is 0.0661. The summed E-state index contributed by atoms with van der Waals surface area (Å²) >= 11 is 0. The Balaban J connectivity index is 1.36. The molecule has 1 N–H and O–H groups in total. The number of hydrogen-bond acceptors (Lipinski definition) is 4. The number of ether oxygens (including phenoxy) is 3. The van der Waals surface area contributed by atoms with Crippen molar-refractivity contribution in [3.63, 3.8) is 0 Å². The molecular formula is C32H34N2O4. The molecule has 1 unspecified atom stereocenters. The Morgan fingerprint density at radius 2 is 1.84 bits per heavy atom. The van der Waals surface area contributed by atoms with Crippen LogP contribution in [0.5, 0.6) is 11.5 Å². The topological polar surface area (TPSA) is 63.8 Å². The van der Waals surface area contributed by atoms with Gasteiger partial charge in [0, 0.05) is 28.8 Å². The fourth-order valence-electron chi connectivity index (χ4n) is 7.90. The summed E-state index contributed by atoms with van der Waals surface area (Å²) in [4.78, 5) is 19.2. The molecule has 6 nitrogen and oxygen atoms in total. The van der Waals surface area contributed by atoms with Crippen LogP contribution in [0.15, 0.2) is 54.6 Å². The van der Waals surface area contributed by atoms with Crippen molar-refractivity contribution in [3.05, 3.63) is 71.3 Å². The van der Waals surface area contributed by atoms with E-state index in [0.717, 1.165) is 65.7 Å². The summed E-state index contributed by atoms with van der Waals surface area (Å²) in [5.74, 6) is 2.15. The normalized spacial score (nSPS) is 24.1. The number of nitrogens with zero attached hydrogens (tertiary/aromatic N) is 1. The van der Waals surface area contributed by atoms with Crippen molar-refractivity contribution in [2.24, 2.45) is 5.92 Å². The second-order valence-corrected chi connectivity index (χ2v) is 11.1. The molecule has 1 saturated heterocycles. The van der Waals surface area contributed by atoms with Crippen molar-refractivity contribution in [1.82, 2.24) is 9.88 Å². The Morgan fingerprint density at radius 1 is 1.00 bits per heavy atom. The van der Waals surface area contributed by atoms with Crippen molar-refractivity contribution < 1.29 is 19.0 Å². The second kappa shape index (κ2) is 8.97. The van der Waals surface area contributed by atoms with E-state index in [-0.39, 0.29) is 17.6 Å². The van der Waals surface area contributed by atoms with Crippen LogP contribution in [-0.4, -0.2) is 42.8 Å². The minimum Gasteiger partial charge on any atom is -0.495 e. The van der Waals surface area contributed by atoms with Gasteiger partial charge in [0.15, 0.2) is 0 Å². The lowest BCUT2D eigenvalue weighted by molar-refractivity contribution is -0.0134. The number of nitrogens with one attached hydrogen (secondary N) is 1. The first kappa shape index (κ1) is 23.4. The minimum atomic E-state index is -0.188. The van der Waals surface area contributed by atoms with Gasteiger partial charge in [-0.25, -0.2) is 4.79 Å². The number of benzene rings is 3. The number of fused-ring (bicyclic) bond motifs is 5. The van der Waals surface area contributed by atoms with Crippen LogP contribution in [0.4, 0.5) is 4.79 Å². The molecule has 3 aliphatic rings. The SMILES string of the molecule is COc1cccc2c1[nH]c1c(OC)cc3c(c12)C[C@H]1C2CCCC[C@@]32CCN1C(=O)OCc1ccccc1. The predicted molar refractivity (Wildman–Crippen MR) is 148 cm³/mol. The monoisotopic (exact) mass is 510 g/mol. The van der Waals surface area contributed by atoms with Gasteiger partial charge in [0.25, 0.3) is 0 Å². The predicted octanol–water partition coefficient (Wildman–Crippen LogP) is 6.73. The second-order valence-electron chi connectivity index (χ2n) is 11.1. The van der Waals surface area contributed by atoms with Crippen LogP contribution < -0.4 is 9.47 Å². The summed E-state index contributed by atoms with van der Waals surface area (Å²) in [6, 6.07) is 18.6. The number of likely N-dealkylation sites (tertiary alicyclic amines) is 1. The van der Waals surface area contributed by atoms with Crippen LogP contribution in [0, 0.1) is 5.92 Å². The van der Waals surface area contributed by atoms with Crippen molar-refractivity contribution in [3.8, 4) is 11.5 Å². The van der Waals surface area contributed by atoms with Crippen molar-refractivity contribution in [1.29, 1.82) is 0 Å². The van der Waals surface area contributed by atoms with E-state index < -0.39 is 0 Å². The largest absolute Gasteiger partial charge is 0.495 e. The highest BCUT2D eigenvalue weighted by Gasteiger charge is 2.55. The molecule has 2 heterocycles. The number of aromatic nitrogens is 1. The number of carbonyl (C=O) groups excluding carboxylic acids is 1. The van der Waals surface area contributed by atoms with Crippen LogP contribution in [-0.2, 0) is 23.2 Å². The Labute approximate surface area is 222 Å². The third-order valence-electron chi connectivity index (χ3n) is 9.53. The maximum absolute atomic E-state index is 13.5. The van der Waals surface area contributed by atoms with E-state index in [1.54, 1.807) is 14.2 Å². The summed E-state index contributed by atoms with van der Waals surface area (Å²) in [6.45, 7) is 1.04. The molecule has 38 heavy (non-hydrogen) atoms. The maximum atomic E-state index is 13.5. The fraction of sp³-hybridized carbons (Fsp3) is 0.406. The average Bonchev–Trinajstić information content (AvgIpc) is 3.36. The molecule has 1 aromatic heterocycles. The number of carbonyl (C=O) groups is 1. The van der Waals surface area contributed by atoms with E-state index >= 15 is 0 Å². The molecule has 0 spiro atoms. The molecule has 1 saturated carbocycles. The first-order valence-corrected chi connectivity index (χ1v) is 13.8. The number of methoxy groups -OCH3 is 2. The Kier molecular flexibility index (Phi) is 5.53. The molecule has 2 aliphatic carbocycles. The van der Waals surface area contributed by atoms with E-state index in [0.29, 0.717) is 12.5 Å². The average molecular weight is 511 g/mol. The molecule has 6 heteroatoms. The molecule has 3 atom stereocenters. The lowest BCUT2D eigenvalue weighted by atomic mass is 9.52. The highest BCUT2D eigenvalue weighted by molar-refractivity contribution is 6.13. The standard InChI is InChI=1S/C32H34N2O4/c1-36-26-13-8-11-21-28-22-17-25-23-12-6-7-14-32(23,24(22)18-27(37-2)30(28)33-29(21)26)15-16-34(25)31(35)38-19-20-9-4-3-5-10-20/h3-5,8-11,13,18,23,25,33H,6-7,12,14-17,19H2,1-2H3/t23?,25-,32-/m0/s1. The van der Waals surface area contributed by atoms with Crippen LogP contribution in [0.2, 0.25) is 0 Å². The van der Waals surface area contributed by atoms with Gasteiger partial charge in [0.1, 0.15) is 18.1 Å². The van der Waals surface area contributed by atoms with Crippen LogP contribution in [0.1, 0.15) is 48.8 Å². The van der Waals surface area contributed by atoms with Gasteiger partial charge in [0.2, 0.25) is 0 Å². The van der Waals surface area contributed by atoms with Gasteiger partial charge in [-0.3, -0.25) is 0 Å². The summed E-state index contributed by atoms with van der Waals surface area (Å²) in [6.07, 6.45) is 6.35. The fourth-order valence-corrected chi connectivity index (χ4v) is 7.90. The third-order valence-corrected chi connectivity index (χ3v) is 9.53. The first-order chi connectivity index (χ1) is 18.6. The number of amides is 1. The van der Waals surface area contributed by atoms with Gasteiger partial charge in [-0.2, -0.15) is 0 Å². The van der Waals surface area contributed by atoms with Gasteiger partial charge < -0.3 is 24.1 Å². The highest BCUT2D eigenvalue weighted by Crippen LogP contribution is 2.58. The zero-order valence-electron chi connectivity index (χ0n) is 22.1. The molecule has 1 aliphatic heterocycles. The lowest BCUT2D eigenvalue weighted by Crippen LogP contribution is -2.62. The van der Waals surface area contributed by atoms with E-state index in [9.17, 15) is 4.79 Å². The number of aromatic amines is 1. The zero-order valence-corrected chi connectivity index (χ0v) is 22.1. The first-order valence-electron chi connectivity index (χ1n) is 13.8. The molecule has 7 rings (SSSR count). The summed E-state index contributed by atoms with van der Waals surface area (Å²) in [5.41, 5.74) is 5.86. The van der Waals surface area contributed by atoms with Gasteiger partial charge in [0.05, 0.1) is 25.3 Å². The third kappa shape index (κ3) is 3.35. The smallest absolute Gasteiger partial charge is 0.410 e. The van der Waals surface area contributed by atoms with Gasteiger partial charge >= 0.3 is 6.09 Å².